The van der Waals surface area contributed by atoms with Gasteiger partial charge in [-0.25, -0.2) is 0 Å². The number of para-hydroxylation sites is 1. The number of fused-ring (bicyclic) bond motifs is 1. The first-order valence-electron chi connectivity index (χ1n) is 8.88. The Morgan fingerprint density at radius 2 is 2.15 bits per heavy atom. The summed E-state index contributed by atoms with van der Waals surface area (Å²) in [7, 11) is 0. The molecule has 1 heterocycles. The second kappa shape index (κ2) is 8.51. The first-order chi connectivity index (χ1) is 13.0. The summed E-state index contributed by atoms with van der Waals surface area (Å²) in [6.07, 6.45) is 3.01. The molecule has 3 rings (SSSR count). The molecule has 2 N–H and O–H groups in total. The first-order valence-corrected chi connectivity index (χ1v) is 10.1. The molecule has 0 saturated carbocycles. The lowest BCUT2D eigenvalue weighted by atomic mass is 10.1. The van der Waals surface area contributed by atoms with Crippen LogP contribution in [-0.4, -0.2) is 17.6 Å². The SMILES string of the molecule is CC(C)COc1ccccc1C(=O)NC(=S)Nc1sc2c(c1C#N)CCC2. The van der Waals surface area contributed by atoms with Crippen LogP contribution in [0.25, 0.3) is 0 Å². The van der Waals surface area contributed by atoms with Crippen molar-refractivity contribution in [2.75, 3.05) is 11.9 Å². The highest BCUT2D eigenvalue weighted by Crippen LogP contribution is 2.38. The Kier molecular flexibility index (Phi) is 6.09. The molecule has 7 heteroatoms. The van der Waals surface area contributed by atoms with Gasteiger partial charge < -0.3 is 10.1 Å². The van der Waals surface area contributed by atoms with Crippen LogP contribution in [0, 0.1) is 17.2 Å². The normalized spacial score (nSPS) is 12.4. The van der Waals surface area contributed by atoms with E-state index in [0.29, 0.717) is 34.4 Å². The van der Waals surface area contributed by atoms with Gasteiger partial charge in [-0.2, -0.15) is 5.26 Å². The van der Waals surface area contributed by atoms with E-state index in [1.807, 2.05) is 19.9 Å². The number of thiocarbonyl (C=S) groups is 1. The van der Waals surface area contributed by atoms with Crippen LogP contribution in [0.3, 0.4) is 0 Å². The number of nitrogens with one attached hydrogen (secondary N) is 2. The van der Waals surface area contributed by atoms with Crippen molar-refractivity contribution in [3.05, 3.63) is 45.8 Å². The van der Waals surface area contributed by atoms with Crippen LogP contribution in [0.15, 0.2) is 24.3 Å². The number of aryl methyl sites for hydroxylation is 1. The molecule has 0 bridgehead atoms. The van der Waals surface area contributed by atoms with E-state index in [9.17, 15) is 10.1 Å². The zero-order chi connectivity index (χ0) is 19.4. The molecule has 0 saturated heterocycles. The van der Waals surface area contributed by atoms with Crippen molar-refractivity contribution in [3.63, 3.8) is 0 Å². The molecular formula is C20H21N3O2S2. The van der Waals surface area contributed by atoms with Gasteiger partial charge in [-0.1, -0.05) is 26.0 Å². The fourth-order valence-corrected chi connectivity index (χ4v) is 4.46. The van der Waals surface area contributed by atoms with Crippen molar-refractivity contribution >= 4 is 39.6 Å². The van der Waals surface area contributed by atoms with Gasteiger partial charge >= 0.3 is 0 Å². The summed E-state index contributed by atoms with van der Waals surface area (Å²) < 4.78 is 5.73. The molecule has 1 aliphatic carbocycles. The molecule has 27 heavy (non-hydrogen) atoms. The third-order valence-electron chi connectivity index (χ3n) is 4.19. The Morgan fingerprint density at radius 3 is 2.89 bits per heavy atom. The number of rotatable bonds is 5. The summed E-state index contributed by atoms with van der Waals surface area (Å²) in [4.78, 5) is 13.9. The van der Waals surface area contributed by atoms with Crippen molar-refractivity contribution < 1.29 is 9.53 Å². The van der Waals surface area contributed by atoms with Gasteiger partial charge in [0.15, 0.2) is 5.11 Å². The molecule has 0 radical (unpaired) electrons. The van der Waals surface area contributed by atoms with E-state index >= 15 is 0 Å². The van der Waals surface area contributed by atoms with Gasteiger partial charge in [-0.05, 0) is 55.1 Å². The maximum Gasteiger partial charge on any atom is 0.261 e. The average Bonchev–Trinajstić information content (AvgIpc) is 3.20. The zero-order valence-corrected chi connectivity index (χ0v) is 16.9. The van der Waals surface area contributed by atoms with Crippen molar-refractivity contribution in [1.82, 2.24) is 5.32 Å². The number of benzene rings is 1. The number of thiophene rings is 1. The minimum absolute atomic E-state index is 0.176. The van der Waals surface area contributed by atoms with Gasteiger partial charge in [-0.15, -0.1) is 11.3 Å². The number of hydrogen-bond donors (Lipinski definition) is 2. The van der Waals surface area contributed by atoms with Gasteiger partial charge in [0.1, 0.15) is 16.8 Å². The molecule has 0 aliphatic heterocycles. The lowest BCUT2D eigenvalue weighted by Gasteiger charge is -2.14. The molecule has 2 aromatic rings. The van der Waals surface area contributed by atoms with Crippen LogP contribution >= 0.6 is 23.6 Å². The van der Waals surface area contributed by atoms with Gasteiger partial charge in [0.05, 0.1) is 17.7 Å². The van der Waals surface area contributed by atoms with Crippen molar-refractivity contribution in [1.29, 1.82) is 5.26 Å². The van der Waals surface area contributed by atoms with E-state index in [-0.39, 0.29) is 11.0 Å². The summed E-state index contributed by atoms with van der Waals surface area (Å²) in [5, 5.41) is 16.0. The average molecular weight is 400 g/mol. The predicted octanol–water partition coefficient (Wildman–Crippen LogP) is 4.27. The Bertz CT molecular complexity index is 912. The zero-order valence-electron chi connectivity index (χ0n) is 15.3. The fourth-order valence-electron chi connectivity index (χ4n) is 2.95. The number of ether oxygens (including phenoxy) is 1. The molecule has 1 amide bonds. The summed E-state index contributed by atoms with van der Waals surface area (Å²) in [6, 6.07) is 9.34. The second-order valence-electron chi connectivity index (χ2n) is 6.78. The Labute approximate surface area is 168 Å². The topological polar surface area (TPSA) is 74.2 Å². The van der Waals surface area contributed by atoms with Gasteiger partial charge in [-0.3, -0.25) is 10.1 Å². The van der Waals surface area contributed by atoms with Crippen LogP contribution in [0.2, 0.25) is 0 Å². The summed E-state index contributed by atoms with van der Waals surface area (Å²) in [5.41, 5.74) is 2.19. The largest absolute Gasteiger partial charge is 0.492 e. The molecule has 1 aromatic heterocycles. The standard InChI is InChI=1S/C20H21N3O2S2/c1-12(2)11-25-16-8-4-3-6-14(16)18(24)22-20(26)23-19-15(10-21)13-7-5-9-17(13)27-19/h3-4,6,8,12H,5,7,9,11H2,1-2H3,(H2,22,23,24,26). The van der Waals surface area contributed by atoms with E-state index in [4.69, 9.17) is 17.0 Å². The number of nitriles is 1. The number of carbonyl (C=O) groups is 1. The summed E-state index contributed by atoms with van der Waals surface area (Å²) in [5.74, 6) is 0.544. The van der Waals surface area contributed by atoms with Gasteiger partial charge in [0.25, 0.3) is 5.91 Å². The Morgan fingerprint density at radius 1 is 1.37 bits per heavy atom. The first kappa shape index (κ1) is 19.3. The molecule has 5 nitrogen and oxygen atoms in total. The molecule has 0 unspecified atom stereocenters. The quantitative estimate of drug-likeness (QED) is 0.735. The molecular weight excluding hydrogens is 378 g/mol. The molecule has 0 spiro atoms. The van der Waals surface area contributed by atoms with Crippen LogP contribution in [0.5, 0.6) is 5.75 Å². The van der Waals surface area contributed by atoms with Crippen molar-refractivity contribution in [2.24, 2.45) is 5.92 Å². The Hall–Kier alpha value is -2.43. The van der Waals surface area contributed by atoms with E-state index < -0.39 is 0 Å². The second-order valence-corrected chi connectivity index (χ2v) is 8.30. The highest BCUT2D eigenvalue weighted by atomic mass is 32.1. The Balaban J connectivity index is 1.69. The van der Waals surface area contributed by atoms with Crippen LogP contribution < -0.4 is 15.4 Å². The maximum absolute atomic E-state index is 12.6. The third-order valence-corrected chi connectivity index (χ3v) is 5.60. The number of amides is 1. The lowest BCUT2D eigenvalue weighted by molar-refractivity contribution is 0.0973. The van der Waals surface area contributed by atoms with Crippen molar-refractivity contribution in [2.45, 2.75) is 33.1 Å². The maximum atomic E-state index is 12.6. The predicted molar refractivity (Wildman–Crippen MR) is 112 cm³/mol. The smallest absolute Gasteiger partial charge is 0.261 e. The minimum Gasteiger partial charge on any atom is -0.492 e. The molecule has 1 aromatic carbocycles. The fraction of sp³-hybridized carbons (Fsp3) is 0.350. The van der Waals surface area contributed by atoms with Crippen LogP contribution in [0.4, 0.5) is 5.00 Å². The van der Waals surface area contributed by atoms with Crippen LogP contribution in [0.1, 0.15) is 46.6 Å². The van der Waals surface area contributed by atoms with E-state index in [2.05, 4.69) is 16.7 Å². The summed E-state index contributed by atoms with van der Waals surface area (Å²) >= 11 is 6.83. The number of anilines is 1. The number of hydrogen-bond acceptors (Lipinski definition) is 5. The van der Waals surface area contributed by atoms with Crippen LogP contribution in [-0.2, 0) is 12.8 Å². The highest BCUT2D eigenvalue weighted by Gasteiger charge is 2.23. The van der Waals surface area contributed by atoms with E-state index in [1.54, 1.807) is 29.5 Å². The molecule has 1 aliphatic rings. The van der Waals surface area contributed by atoms with Gasteiger partial charge in [0.2, 0.25) is 0 Å². The molecule has 140 valence electrons. The third kappa shape index (κ3) is 4.46. The molecule has 0 fully saturated rings. The van der Waals surface area contributed by atoms with Crippen molar-refractivity contribution in [3.8, 4) is 11.8 Å². The van der Waals surface area contributed by atoms with Gasteiger partial charge in [0, 0.05) is 4.88 Å². The number of nitrogens with zero attached hydrogens (tertiary/aromatic N) is 1. The monoisotopic (exact) mass is 399 g/mol. The number of carbonyl (C=O) groups excluding carboxylic acids is 1. The summed E-state index contributed by atoms with van der Waals surface area (Å²) in [6.45, 7) is 4.62. The lowest BCUT2D eigenvalue weighted by Crippen LogP contribution is -2.34. The van der Waals surface area contributed by atoms with E-state index in [1.165, 1.54) is 4.88 Å². The molecule has 0 atom stereocenters. The highest BCUT2D eigenvalue weighted by molar-refractivity contribution is 7.80. The minimum atomic E-state index is -0.338. The van der Waals surface area contributed by atoms with E-state index in [0.717, 1.165) is 24.8 Å².